The second kappa shape index (κ2) is 6.45. The van der Waals surface area contributed by atoms with Crippen molar-refractivity contribution in [2.75, 3.05) is 7.05 Å². The largest absolute Gasteiger partial charge is 0.326 e. The van der Waals surface area contributed by atoms with Crippen LogP contribution in [0.5, 0.6) is 0 Å². The van der Waals surface area contributed by atoms with E-state index in [0.29, 0.717) is 18.7 Å². The molecule has 3 heteroatoms. The van der Waals surface area contributed by atoms with Crippen molar-refractivity contribution >= 4 is 0 Å². The molecule has 2 nitrogen and oxygen atoms in total. The molecule has 0 fully saturated rings. The van der Waals surface area contributed by atoms with E-state index >= 15 is 0 Å². The smallest absolute Gasteiger partial charge is 0.128 e. The second-order valence-electron chi connectivity index (χ2n) is 4.79. The molecule has 19 heavy (non-hydrogen) atoms. The first-order chi connectivity index (χ1) is 9.19. The summed E-state index contributed by atoms with van der Waals surface area (Å²) in [4.78, 5) is 2.09. The molecule has 0 radical (unpaired) electrons. The summed E-state index contributed by atoms with van der Waals surface area (Å²) in [6.45, 7) is 1.77. The molecule has 0 atom stereocenters. The zero-order valence-electron chi connectivity index (χ0n) is 11.1. The van der Waals surface area contributed by atoms with E-state index in [0.717, 1.165) is 12.1 Å². The van der Waals surface area contributed by atoms with Crippen LogP contribution in [0.1, 0.15) is 16.7 Å². The van der Waals surface area contributed by atoms with E-state index in [1.54, 1.807) is 0 Å². The molecule has 0 heterocycles. The van der Waals surface area contributed by atoms with Crippen LogP contribution in [0.25, 0.3) is 0 Å². The van der Waals surface area contributed by atoms with E-state index in [1.807, 2.05) is 37.4 Å². The Hall–Kier alpha value is -1.71. The van der Waals surface area contributed by atoms with Gasteiger partial charge in [0, 0.05) is 25.2 Å². The van der Waals surface area contributed by atoms with Gasteiger partial charge >= 0.3 is 0 Å². The Bertz CT molecular complexity index is 526. The molecule has 0 aliphatic carbocycles. The molecule has 0 unspecified atom stereocenters. The van der Waals surface area contributed by atoms with Crippen molar-refractivity contribution in [3.05, 3.63) is 71.0 Å². The Labute approximate surface area is 113 Å². The van der Waals surface area contributed by atoms with Gasteiger partial charge < -0.3 is 5.73 Å². The summed E-state index contributed by atoms with van der Waals surface area (Å²) in [6.07, 6.45) is 0. The molecule has 2 aromatic rings. The van der Waals surface area contributed by atoms with Gasteiger partial charge in [-0.2, -0.15) is 0 Å². The first kappa shape index (κ1) is 13.7. The summed E-state index contributed by atoms with van der Waals surface area (Å²) in [7, 11) is 1.99. The highest BCUT2D eigenvalue weighted by Gasteiger charge is 2.07. The van der Waals surface area contributed by atoms with Crippen molar-refractivity contribution in [3.63, 3.8) is 0 Å². The summed E-state index contributed by atoms with van der Waals surface area (Å²) >= 11 is 0. The van der Waals surface area contributed by atoms with Gasteiger partial charge in [0.05, 0.1) is 0 Å². The molecule has 0 aromatic heterocycles. The van der Waals surface area contributed by atoms with E-state index in [4.69, 9.17) is 5.73 Å². The van der Waals surface area contributed by atoms with Crippen LogP contribution in [0.2, 0.25) is 0 Å². The molecule has 0 saturated heterocycles. The Morgan fingerprint density at radius 1 is 1.00 bits per heavy atom. The van der Waals surface area contributed by atoms with Crippen LogP contribution in [0.4, 0.5) is 4.39 Å². The number of benzene rings is 2. The van der Waals surface area contributed by atoms with Crippen molar-refractivity contribution in [1.29, 1.82) is 0 Å². The molecule has 2 rings (SSSR count). The van der Waals surface area contributed by atoms with Crippen molar-refractivity contribution in [2.45, 2.75) is 19.6 Å². The lowest BCUT2D eigenvalue weighted by Gasteiger charge is -2.17. The fourth-order valence-electron chi connectivity index (χ4n) is 2.09. The zero-order chi connectivity index (χ0) is 13.7. The standard InChI is InChI=1S/C16H19FN2/c1-19(11-13-5-3-2-4-6-13)12-15-8-7-14(10-18)9-16(15)17/h2-9H,10-12,18H2,1H3. The Morgan fingerprint density at radius 2 is 1.74 bits per heavy atom. The molecule has 0 aliphatic heterocycles. The van der Waals surface area contributed by atoms with Crippen LogP contribution in [0.15, 0.2) is 48.5 Å². The zero-order valence-corrected chi connectivity index (χ0v) is 11.1. The molecule has 0 spiro atoms. The van der Waals surface area contributed by atoms with Crippen molar-refractivity contribution in [1.82, 2.24) is 4.90 Å². The second-order valence-corrected chi connectivity index (χ2v) is 4.79. The van der Waals surface area contributed by atoms with E-state index in [9.17, 15) is 4.39 Å². The highest BCUT2D eigenvalue weighted by molar-refractivity contribution is 5.24. The minimum absolute atomic E-state index is 0.178. The van der Waals surface area contributed by atoms with Crippen molar-refractivity contribution < 1.29 is 4.39 Å². The van der Waals surface area contributed by atoms with E-state index in [-0.39, 0.29) is 5.82 Å². The summed E-state index contributed by atoms with van der Waals surface area (Å²) < 4.78 is 13.9. The predicted molar refractivity (Wildman–Crippen MR) is 75.9 cm³/mol. The Morgan fingerprint density at radius 3 is 2.37 bits per heavy atom. The normalized spacial score (nSPS) is 10.9. The van der Waals surface area contributed by atoms with Crippen LogP contribution in [0, 0.1) is 5.82 Å². The fourth-order valence-corrected chi connectivity index (χ4v) is 2.09. The third-order valence-corrected chi connectivity index (χ3v) is 3.09. The third kappa shape index (κ3) is 3.88. The van der Waals surface area contributed by atoms with E-state index < -0.39 is 0 Å². The highest BCUT2D eigenvalue weighted by Crippen LogP contribution is 2.13. The maximum Gasteiger partial charge on any atom is 0.128 e. The predicted octanol–water partition coefficient (Wildman–Crippen LogP) is 2.92. The van der Waals surface area contributed by atoms with Gasteiger partial charge in [0.2, 0.25) is 0 Å². The summed E-state index contributed by atoms with van der Waals surface area (Å²) in [5.74, 6) is -0.178. The Balaban J connectivity index is 2.01. The minimum Gasteiger partial charge on any atom is -0.326 e. The molecular weight excluding hydrogens is 239 g/mol. The highest BCUT2D eigenvalue weighted by atomic mass is 19.1. The quantitative estimate of drug-likeness (QED) is 0.893. The lowest BCUT2D eigenvalue weighted by molar-refractivity contribution is 0.313. The summed E-state index contributed by atoms with van der Waals surface area (Å²) in [6, 6.07) is 15.4. The number of hydrogen-bond acceptors (Lipinski definition) is 2. The Kier molecular flexibility index (Phi) is 4.66. The number of hydrogen-bond donors (Lipinski definition) is 1. The van der Waals surface area contributed by atoms with Crippen LogP contribution < -0.4 is 5.73 Å². The van der Waals surface area contributed by atoms with Crippen molar-refractivity contribution in [2.24, 2.45) is 5.73 Å². The maximum atomic E-state index is 13.9. The van der Waals surface area contributed by atoms with Gasteiger partial charge in [-0.05, 0) is 24.2 Å². The van der Waals surface area contributed by atoms with Crippen LogP contribution >= 0.6 is 0 Å². The van der Waals surface area contributed by atoms with Crippen LogP contribution in [-0.2, 0) is 19.6 Å². The number of rotatable bonds is 5. The van der Waals surface area contributed by atoms with Crippen LogP contribution in [-0.4, -0.2) is 11.9 Å². The van der Waals surface area contributed by atoms with Gasteiger partial charge in [-0.25, -0.2) is 4.39 Å². The topological polar surface area (TPSA) is 29.3 Å². The number of nitrogens with zero attached hydrogens (tertiary/aromatic N) is 1. The number of nitrogens with two attached hydrogens (primary N) is 1. The first-order valence-corrected chi connectivity index (χ1v) is 6.39. The van der Waals surface area contributed by atoms with Gasteiger partial charge in [0.25, 0.3) is 0 Å². The molecular formula is C16H19FN2. The molecule has 0 bridgehead atoms. The summed E-state index contributed by atoms with van der Waals surface area (Å²) in [5.41, 5.74) is 8.25. The molecule has 100 valence electrons. The van der Waals surface area contributed by atoms with Crippen molar-refractivity contribution in [3.8, 4) is 0 Å². The molecule has 2 N–H and O–H groups in total. The fraction of sp³-hybridized carbons (Fsp3) is 0.250. The lowest BCUT2D eigenvalue weighted by Crippen LogP contribution is -2.18. The molecule has 0 amide bonds. The van der Waals surface area contributed by atoms with E-state index in [1.165, 1.54) is 11.6 Å². The van der Waals surface area contributed by atoms with Gasteiger partial charge in [-0.1, -0.05) is 42.5 Å². The summed E-state index contributed by atoms with van der Waals surface area (Å²) in [5, 5.41) is 0. The van der Waals surface area contributed by atoms with E-state index in [2.05, 4.69) is 17.0 Å². The van der Waals surface area contributed by atoms with Gasteiger partial charge in [0.1, 0.15) is 5.82 Å². The SMILES string of the molecule is CN(Cc1ccccc1)Cc1ccc(CN)cc1F. The number of halogens is 1. The molecule has 0 aliphatic rings. The van der Waals surface area contributed by atoms with Crippen LogP contribution in [0.3, 0.4) is 0 Å². The molecule has 2 aromatic carbocycles. The average Bonchev–Trinajstić information content (AvgIpc) is 2.42. The monoisotopic (exact) mass is 258 g/mol. The minimum atomic E-state index is -0.178. The van der Waals surface area contributed by atoms with Gasteiger partial charge in [-0.15, -0.1) is 0 Å². The van der Waals surface area contributed by atoms with Gasteiger partial charge in [0.15, 0.2) is 0 Å². The average molecular weight is 258 g/mol. The lowest BCUT2D eigenvalue weighted by atomic mass is 10.1. The van der Waals surface area contributed by atoms with Gasteiger partial charge in [-0.3, -0.25) is 4.90 Å². The maximum absolute atomic E-state index is 13.9. The first-order valence-electron chi connectivity index (χ1n) is 6.39. The third-order valence-electron chi connectivity index (χ3n) is 3.09. The molecule has 0 saturated carbocycles.